The van der Waals surface area contributed by atoms with Gasteiger partial charge in [-0.05, 0) is 50.6 Å². The summed E-state index contributed by atoms with van der Waals surface area (Å²) in [5, 5.41) is 4.25. The van der Waals surface area contributed by atoms with E-state index in [0.717, 1.165) is 6.42 Å². The summed E-state index contributed by atoms with van der Waals surface area (Å²) in [7, 11) is 0. The number of rotatable bonds is 9. The maximum atomic E-state index is 13.0. The lowest BCUT2D eigenvalue weighted by Gasteiger charge is -2.30. The summed E-state index contributed by atoms with van der Waals surface area (Å²) in [5.41, 5.74) is 0.570. The molecule has 5 nitrogen and oxygen atoms in total. The van der Waals surface area contributed by atoms with Crippen molar-refractivity contribution in [3.63, 3.8) is 0 Å². The highest BCUT2D eigenvalue weighted by atomic mass is 35.5. The van der Waals surface area contributed by atoms with Gasteiger partial charge < -0.3 is 15.0 Å². The Labute approximate surface area is 192 Å². The van der Waals surface area contributed by atoms with Gasteiger partial charge in [0, 0.05) is 33.2 Å². The lowest BCUT2D eigenvalue weighted by atomic mass is 10.1. The summed E-state index contributed by atoms with van der Waals surface area (Å²) in [6, 6.07) is 11.1. The molecule has 0 radical (unpaired) electrons. The number of hydrogen-bond donors (Lipinski definition) is 1. The summed E-state index contributed by atoms with van der Waals surface area (Å²) >= 11 is 18.5. The number of ether oxygens (including phenoxy) is 1. The van der Waals surface area contributed by atoms with Crippen LogP contribution in [0.4, 0.5) is 0 Å². The van der Waals surface area contributed by atoms with Crippen LogP contribution < -0.4 is 10.1 Å². The summed E-state index contributed by atoms with van der Waals surface area (Å²) in [6.07, 6.45) is 0.778. The van der Waals surface area contributed by atoms with Crippen molar-refractivity contribution in [2.24, 2.45) is 0 Å². The van der Waals surface area contributed by atoms with Gasteiger partial charge >= 0.3 is 0 Å². The van der Waals surface area contributed by atoms with Crippen molar-refractivity contribution < 1.29 is 14.3 Å². The highest BCUT2D eigenvalue weighted by Crippen LogP contribution is 2.27. The van der Waals surface area contributed by atoms with Gasteiger partial charge in [0.15, 0.2) is 6.61 Å². The average Bonchev–Trinajstić information content (AvgIpc) is 2.71. The molecule has 2 aromatic rings. The molecule has 1 N–H and O–H groups in total. The fraction of sp³-hybridized carbons (Fsp3) is 0.364. The van der Waals surface area contributed by atoms with Crippen LogP contribution in [-0.4, -0.2) is 35.4 Å². The van der Waals surface area contributed by atoms with Gasteiger partial charge in [0.2, 0.25) is 5.91 Å². The number of carbonyl (C=O) groups excluding carboxylic acids is 2. The average molecular weight is 472 g/mol. The van der Waals surface area contributed by atoms with Crippen molar-refractivity contribution in [2.75, 3.05) is 6.61 Å². The largest absolute Gasteiger partial charge is 0.484 e. The van der Waals surface area contributed by atoms with Gasteiger partial charge in [0.1, 0.15) is 11.8 Å². The van der Waals surface area contributed by atoms with E-state index in [2.05, 4.69) is 5.32 Å². The zero-order chi connectivity index (χ0) is 22.3. The quantitative estimate of drug-likeness (QED) is 0.536. The molecule has 0 aromatic heterocycles. The number of nitrogens with one attached hydrogen (secondary N) is 1. The molecule has 0 fully saturated rings. The third-order valence-electron chi connectivity index (χ3n) is 4.72. The van der Waals surface area contributed by atoms with Crippen LogP contribution in [0, 0.1) is 0 Å². The van der Waals surface area contributed by atoms with Gasteiger partial charge in [-0.3, -0.25) is 9.59 Å². The summed E-state index contributed by atoms with van der Waals surface area (Å²) in [4.78, 5) is 27.2. The van der Waals surface area contributed by atoms with Gasteiger partial charge in [-0.1, -0.05) is 53.9 Å². The highest BCUT2D eigenvalue weighted by molar-refractivity contribution is 6.36. The molecule has 0 aliphatic rings. The minimum Gasteiger partial charge on any atom is -0.484 e. The number of benzene rings is 2. The molecule has 0 bridgehead atoms. The second kappa shape index (κ2) is 11.4. The van der Waals surface area contributed by atoms with E-state index in [9.17, 15) is 9.59 Å². The Balaban J connectivity index is 2.22. The highest BCUT2D eigenvalue weighted by Gasteiger charge is 2.28. The van der Waals surface area contributed by atoms with Crippen LogP contribution in [0.2, 0.25) is 15.1 Å². The molecule has 162 valence electrons. The van der Waals surface area contributed by atoms with Crippen molar-refractivity contribution in [1.82, 2.24) is 10.2 Å². The third kappa shape index (κ3) is 6.79. The van der Waals surface area contributed by atoms with E-state index in [1.807, 2.05) is 13.8 Å². The molecule has 2 aromatic carbocycles. The topological polar surface area (TPSA) is 58.6 Å². The molecule has 0 aliphatic carbocycles. The molecule has 30 heavy (non-hydrogen) atoms. The Morgan fingerprint density at radius 1 is 1.07 bits per heavy atom. The van der Waals surface area contributed by atoms with Gasteiger partial charge in [0.05, 0.1) is 0 Å². The molecule has 0 spiro atoms. The number of hydrogen-bond acceptors (Lipinski definition) is 3. The molecule has 0 saturated carbocycles. The SMILES string of the molecule is CCC(C)NC(=O)C(C)N(Cc1c(Cl)cccc1Cl)C(=O)COc1cccc(Cl)c1. The van der Waals surface area contributed by atoms with Crippen molar-refractivity contribution in [3.8, 4) is 5.75 Å². The Morgan fingerprint density at radius 3 is 2.30 bits per heavy atom. The van der Waals surface area contributed by atoms with Crippen LogP contribution in [0.15, 0.2) is 42.5 Å². The summed E-state index contributed by atoms with van der Waals surface area (Å²) in [6.45, 7) is 5.36. The van der Waals surface area contributed by atoms with E-state index in [1.165, 1.54) is 4.90 Å². The lowest BCUT2D eigenvalue weighted by Crippen LogP contribution is -2.50. The number of nitrogens with zero attached hydrogens (tertiary/aromatic N) is 1. The molecule has 2 atom stereocenters. The van der Waals surface area contributed by atoms with Crippen molar-refractivity contribution >= 4 is 46.6 Å². The smallest absolute Gasteiger partial charge is 0.261 e. The van der Waals surface area contributed by atoms with E-state index in [4.69, 9.17) is 39.5 Å². The number of halogens is 3. The minimum absolute atomic E-state index is 0.0106. The fourth-order valence-corrected chi connectivity index (χ4v) is 3.38. The predicted molar refractivity (Wildman–Crippen MR) is 121 cm³/mol. The van der Waals surface area contributed by atoms with E-state index in [1.54, 1.807) is 49.4 Å². The van der Waals surface area contributed by atoms with E-state index < -0.39 is 6.04 Å². The van der Waals surface area contributed by atoms with Crippen molar-refractivity contribution in [2.45, 2.75) is 45.8 Å². The van der Waals surface area contributed by atoms with Gasteiger partial charge in [-0.2, -0.15) is 0 Å². The molecule has 8 heteroatoms. The van der Waals surface area contributed by atoms with Gasteiger partial charge in [-0.15, -0.1) is 0 Å². The Hall–Kier alpha value is -1.95. The Morgan fingerprint density at radius 2 is 1.70 bits per heavy atom. The zero-order valence-electron chi connectivity index (χ0n) is 17.1. The first-order chi connectivity index (χ1) is 14.2. The molecule has 0 saturated heterocycles. The molecule has 2 amide bonds. The summed E-state index contributed by atoms with van der Waals surface area (Å²) in [5.74, 6) is -0.176. The van der Waals surface area contributed by atoms with Crippen LogP contribution in [0.1, 0.15) is 32.8 Å². The molecular formula is C22H25Cl3N2O3. The number of amides is 2. The standard InChI is InChI=1S/C22H25Cl3N2O3/c1-4-14(2)26-22(29)15(3)27(12-18-19(24)9-6-10-20(18)25)21(28)13-30-17-8-5-7-16(23)11-17/h5-11,14-15H,4,12-13H2,1-3H3,(H,26,29). The second-order valence-electron chi connectivity index (χ2n) is 6.96. The summed E-state index contributed by atoms with van der Waals surface area (Å²) < 4.78 is 5.59. The fourth-order valence-electron chi connectivity index (χ4n) is 2.69. The van der Waals surface area contributed by atoms with E-state index >= 15 is 0 Å². The maximum absolute atomic E-state index is 13.0. The second-order valence-corrected chi connectivity index (χ2v) is 8.21. The monoisotopic (exact) mass is 470 g/mol. The maximum Gasteiger partial charge on any atom is 0.261 e. The third-order valence-corrected chi connectivity index (χ3v) is 5.66. The number of carbonyl (C=O) groups is 2. The molecule has 2 rings (SSSR count). The first-order valence-corrected chi connectivity index (χ1v) is 10.8. The van der Waals surface area contributed by atoms with Crippen LogP contribution in [0.25, 0.3) is 0 Å². The minimum atomic E-state index is -0.748. The van der Waals surface area contributed by atoms with Crippen molar-refractivity contribution in [1.29, 1.82) is 0 Å². The normalized spacial score (nSPS) is 12.7. The van der Waals surface area contributed by atoms with Crippen molar-refractivity contribution in [3.05, 3.63) is 63.1 Å². The zero-order valence-corrected chi connectivity index (χ0v) is 19.4. The van der Waals surface area contributed by atoms with E-state index in [-0.39, 0.29) is 31.0 Å². The first-order valence-electron chi connectivity index (χ1n) is 9.64. The van der Waals surface area contributed by atoms with Crippen LogP contribution in [0.3, 0.4) is 0 Å². The van der Waals surface area contributed by atoms with E-state index in [0.29, 0.717) is 26.4 Å². The Kier molecular flexibility index (Phi) is 9.28. The molecule has 2 unspecified atom stereocenters. The van der Waals surface area contributed by atoms with Gasteiger partial charge in [0.25, 0.3) is 5.91 Å². The Bertz CT molecular complexity index is 871. The molecular weight excluding hydrogens is 447 g/mol. The molecule has 0 heterocycles. The molecule has 0 aliphatic heterocycles. The van der Waals surface area contributed by atoms with Gasteiger partial charge in [-0.25, -0.2) is 0 Å². The van der Waals surface area contributed by atoms with Crippen LogP contribution in [-0.2, 0) is 16.1 Å². The van der Waals surface area contributed by atoms with Crippen LogP contribution in [0.5, 0.6) is 5.75 Å². The first kappa shape index (κ1) is 24.3. The van der Waals surface area contributed by atoms with Crippen LogP contribution >= 0.6 is 34.8 Å². The predicted octanol–water partition coefficient (Wildman–Crippen LogP) is 5.36. The lowest BCUT2D eigenvalue weighted by molar-refractivity contribution is -0.142.